The zero-order chi connectivity index (χ0) is 11.9. The average Bonchev–Trinajstić information content (AvgIpc) is 2.25. The topological polar surface area (TPSA) is 36.9 Å². The molecule has 0 aromatic rings. The van der Waals surface area contributed by atoms with Crippen LogP contribution in [0.15, 0.2) is 0 Å². The third kappa shape index (κ3) is 5.80. The Morgan fingerprint density at radius 3 is 2.75 bits per heavy atom. The number of ether oxygens (including phenoxy) is 4. The van der Waals surface area contributed by atoms with E-state index in [4.69, 9.17) is 18.9 Å². The van der Waals surface area contributed by atoms with Crippen LogP contribution in [0, 0.1) is 0 Å². The lowest BCUT2D eigenvalue weighted by Gasteiger charge is -2.32. The van der Waals surface area contributed by atoms with Crippen LogP contribution in [0.25, 0.3) is 0 Å². The molecule has 16 heavy (non-hydrogen) atoms. The van der Waals surface area contributed by atoms with E-state index in [0.29, 0.717) is 13.4 Å². The van der Waals surface area contributed by atoms with Crippen LogP contribution in [-0.4, -0.2) is 39.0 Å². The summed E-state index contributed by atoms with van der Waals surface area (Å²) in [6.45, 7) is 5.95. The highest BCUT2D eigenvalue weighted by Gasteiger charge is 2.25. The van der Waals surface area contributed by atoms with Gasteiger partial charge in [0.25, 0.3) is 0 Å². The van der Waals surface area contributed by atoms with Crippen molar-refractivity contribution in [2.75, 3.05) is 27.1 Å². The molecule has 1 aliphatic rings. The van der Waals surface area contributed by atoms with E-state index in [0.717, 1.165) is 25.9 Å². The molecule has 1 rings (SSSR count). The summed E-state index contributed by atoms with van der Waals surface area (Å²) in [5.74, 6) is 0. The molecule has 96 valence electrons. The van der Waals surface area contributed by atoms with Gasteiger partial charge in [-0.3, -0.25) is 0 Å². The van der Waals surface area contributed by atoms with E-state index in [-0.39, 0.29) is 11.9 Å². The molecule has 4 heteroatoms. The first-order valence-corrected chi connectivity index (χ1v) is 6.00. The molecule has 0 aromatic heterocycles. The minimum Gasteiger partial charge on any atom is -0.359 e. The van der Waals surface area contributed by atoms with Gasteiger partial charge in [-0.25, -0.2) is 0 Å². The summed E-state index contributed by atoms with van der Waals surface area (Å²) in [5.41, 5.74) is -0.199. The van der Waals surface area contributed by atoms with E-state index in [1.54, 1.807) is 7.11 Å². The second kappa shape index (κ2) is 7.22. The molecule has 4 nitrogen and oxygen atoms in total. The summed E-state index contributed by atoms with van der Waals surface area (Å²) in [6, 6.07) is 0. The predicted molar refractivity (Wildman–Crippen MR) is 61.2 cm³/mol. The van der Waals surface area contributed by atoms with Crippen molar-refractivity contribution in [3.63, 3.8) is 0 Å². The van der Waals surface area contributed by atoms with Gasteiger partial charge in [-0.05, 0) is 39.5 Å². The Kier molecular flexibility index (Phi) is 6.28. The van der Waals surface area contributed by atoms with E-state index < -0.39 is 0 Å². The van der Waals surface area contributed by atoms with Gasteiger partial charge in [0.1, 0.15) is 6.79 Å². The van der Waals surface area contributed by atoms with E-state index in [2.05, 4.69) is 13.8 Å². The van der Waals surface area contributed by atoms with Crippen molar-refractivity contribution >= 4 is 0 Å². The molecule has 0 N–H and O–H groups in total. The monoisotopic (exact) mass is 232 g/mol. The van der Waals surface area contributed by atoms with Crippen molar-refractivity contribution in [3.8, 4) is 0 Å². The van der Waals surface area contributed by atoms with Crippen LogP contribution < -0.4 is 0 Å². The Balaban J connectivity index is 2.16. The average molecular weight is 232 g/mol. The molecule has 0 amide bonds. The second-order valence-electron chi connectivity index (χ2n) is 4.74. The van der Waals surface area contributed by atoms with E-state index >= 15 is 0 Å². The standard InChI is InChI=1S/C12H24O4/c1-12(2,7-9-14-10-13-3)16-11-6-4-5-8-15-11/h11H,4-10H2,1-3H3. The molecular formula is C12H24O4. The second-order valence-corrected chi connectivity index (χ2v) is 4.74. The van der Waals surface area contributed by atoms with E-state index in [1.165, 1.54) is 6.42 Å². The Morgan fingerprint density at radius 1 is 1.31 bits per heavy atom. The van der Waals surface area contributed by atoms with Crippen molar-refractivity contribution in [2.45, 2.75) is 51.4 Å². The molecule has 1 unspecified atom stereocenters. The first kappa shape index (κ1) is 13.9. The summed E-state index contributed by atoms with van der Waals surface area (Å²) in [4.78, 5) is 0. The smallest absolute Gasteiger partial charge is 0.158 e. The van der Waals surface area contributed by atoms with Crippen LogP contribution in [0.5, 0.6) is 0 Å². The lowest BCUT2D eigenvalue weighted by molar-refractivity contribution is -0.220. The van der Waals surface area contributed by atoms with Gasteiger partial charge in [-0.1, -0.05) is 0 Å². The van der Waals surface area contributed by atoms with Crippen molar-refractivity contribution < 1.29 is 18.9 Å². The van der Waals surface area contributed by atoms with Crippen molar-refractivity contribution in [1.29, 1.82) is 0 Å². The number of hydrogen-bond acceptors (Lipinski definition) is 4. The normalized spacial score (nSPS) is 22.3. The molecule has 1 saturated heterocycles. The van der Waals surface area contributed by atoms with Gasteiger partial charge in [0.2, 0.25) is 0 Å². The first-order valence-electron chi connectivity index (χ1n) is 6.00. The lowest BCUT2D eigenvalue weighted by atomic mass is 10.1. The van der Waals surface area contributed by atoms with E-state index in [1.807, 2.05) is 0 Å². The van der Waals surface area contributed by atoms with Crippen LogP contribution in [-0.2, 0) is 18.9 Å². The highest BCUT2D eigenvalue weighted by molar-refractivity contribution is 4.70. The highest BCUT2D eigenvalue weighted by atomic mass is 16.7. The van der Waals surface area contributed by atoms with Crippen molar-refractivity contribution in [1.82, 2.24) is 0 Å². The van der Waals surface area contributed by atoms with Gasteiger partial charge in [0.05, 0.1) is 12.2 Å². The molecule has 0 aromatic carbocycles. The quantitative estimate of drug-likeness (QED) is 0.498. The van der Waals surface area contributed by atoms with Crippen LogP contribution in [0.2, 0.25) is 0 Å². The van der Waals surface area contributed by atoms with Crippen LogP contribution in [0.1, 0.15) is 39.5 Å². The summed E-state index contributed by atoms with van der Waals surface area (Å²) in [5, 5.41) is 0. The Morgan fingerprint density at radius 2 is 2.12 bits per heavy atom. The fraction of sp³-hybridized carbons (Fsp3) is 1.00. The molecule has 0 aliphatic carbocycles. The minimum atomic E-state index is -0.199. The minimum absolute atomic E-state index is 0.0359. The van der Waals surface area contributed by atoms with Gasteiger partial charge in [-0.2, -0.15) is 0 Å². The third-order valence-corrected chi connectivity index (χ3v) is 2.64. The number of methoxy groups -OCH3 is 1. The van der Waals surface area contributed by atoms with Crippen molar-refractivity contribution in [3.05, 3.63) is 0 Å². The van der Waals surface area contributed by atoms with Crippen LogP contribution >= 0.6 is 0 Å². The van der Waals surface area contributed by atoms with Gasteiger partial charge < -0.3 is 18.9 Å². The zero-order valence-electron chi connectivity index (χ0n) is 10.7. The third-order valence-electron chi connectivity index (χ3n) is 2.64. The largest absolute Gasteiger partial charge is 0.359 e. The molecule has 1 aliphatic heterocycles. The van der Waals surface area contributed by atoms with Gasteiger partial charge in [0, 0.05) is 13.7 Å². The van der Waals surface area contributed by atoms with Crippen LogP contribution in [0.4, 0.5) is 0 Å². The maximum Gasteiger partial charge on any atom is 0.158 e. The maximum atomic E-state index is 5.92. The summed E-state index contributed by atoms with van der Waals surface area (Å²) in [6.07, 6.45) is 4.16. The lowest BCUT2D eigenvalue weighted by Crippen LogP contribution is -2.35. The zero-order valence-corrected chi connectivity index (χ0v) is 10.7. The molecule has 0 bridgehead atoms. The fourth-order valence-corrected chi connectivity index (χ4v) is 1.68. The van der Waals surface area contributed by atoms with Gasteiger partial charge in [0.15, 0.2) is 6.29 Å². The number of hydrogen-bond donors (Lipinski definition) is 0. The van der Waals surface area contributed by atoms with Gasteiger partial charge >= 0.3 is 0 Å². The maximum absolute atomic E-state index is 5.92. The summed E-state index contributed by atoms with van der Waals surface area (Å²) >= 11 is 0. The Labute approximate surface area is 98.2 Å². The molecular weight excluding hydrogens is 208 g/mol. The first-order chi connectivity index (χ1) is 7.64. The fourth-order valence-electron chi connectivity index (χ4n) is 1.68. The van der Waals surface area contributed by atoms with Gasteiger partial charge in [-0.15, -0.1) is 0 Å². The summed E-state index contributed by atoms with van der Waals surface area (Å²) < 4.78 is 21.6. The summed E-state index contributed by atoms with van der Waals surface area (Å²) in [7, 11) is 1.62. The Bertz CT molecular complexity index is 176. The highest BCUT2D eigenvalue weighted by Crippen LogP contribution is 2.22. The van der Waals surface area contributed by atoms with Crippen LogP contribution in [0.3, 0.4) is 0 Å². The molecule has 0 spiro atoms. The molecule has 0 saturated carbocycles. The number of rotatable bonds is 7. The Hall–Kier alpha value is -0.160. The molecule has 1 atom stereocenters. The SMILES string of the molecule is COCOCCC(C)(C)OC1CCCCO1. The molecule has 1 fully saturated rings. The molecule has 1 heterocycles. The van der Waals surface area contributed by atoms with Crippen molar-refractivity contribution in [2.24, 2.45) is 0 Å². The van der Waals surface area contributed by atoms with E-state index in [9.17, 15) is 0 Å². The molecule has 0 radical (unpaired) electrons. The predicted octanol–water partition coefficient (Wildman–Crippen LogP) is 2.32.